The van der Waals surface area contributed by atoms with Gasteiger partial charge in [-0.15, -0.1) is 0 Å². The van der Waals surface area contributed by atoms with Gasteiger partial charge in [-0.3, -0.25) is 14.3 Å². The number of nitrogens with zero attached hydrogens (tertiary/aromatic N) is 3. The maximum atomic E-state index is 13.5. The predicted octanol–water partition coefficient (Wildman–Crippen LogP) is 2.94. The third-order valence-corrected chi connectivity index (χ3v) is 6.02. The number of carbonyl (C=O) groups excluding carboxylic acids is 2. The second-order valence-electron chi connectivity index (χ2n) is 8.37. The Hall–Kier alpha value is -3.81. The molecule has 2 heterocycles. The van der Waals surface area contributed by atoms with Crippen LogP contribution in [0.5, 0.6) is 11.5 Å². The van der Waals surface area contributed by atoms with Crippen LogP contribution in [-0.4, -0.2) is 46.3 Å². The fourth-order valence-electron chi connectivity index (χ4n) is 4.05. The normalized spacial score (nSPS) is 17.5. The van der Waals surface area contributed by atoms with Crippen molar-refractivity contribution < 1.29 is 19.1 Å². The topological polar surface area (TPSA) is 85.7 Å². The molecule has 2 aromatic carbocycles. The first-order valence-electron chi connectivity index (χ1n) is 10.7. The van der Waals surface area contributed by atoms with Crippen LogP contribution in [0.2, 0.25) is 0 Å². The Morgan fingerprint density at radius 2 is 1.61 bits per heavy atom. The summed E-state index contributed by atoms with van der Waals surface area (Å²) in [5.41, 5.74) is 1.96. The maximum Gasteiger partial charge on any atom is 0.273 e. The molecule has 2 amide bonds. The molecule has 8 nitrogen and oxygen atoms in total. The van der Waals surface area contributed by atoms with Gasteiger partial charge in [0, 0.05) is 13.1 Å². The number of aromatic nitrogens is 2. The number of amides is 2. The Balaban J connectivity index is 1.60. The maximum absolute atomic E-state index is 13.5. The highest BCUT2D eigenvalue weighted by molar-refractivity contribution is 5.99. The molecule has 0 saturated heterocycles. The molecule has 33 heavy (non-hydrogen) atoms. The second kappa shape index (κ2) is 8.97. The molecule has 1 aromatic heterocycles. The quantitative estimate of drug-likeness (QED) is 0.601. The van der Waals surface area contributed by atoms with Crippen molar-refractivity contribution in [3.63, 3.8) is 0 Å². The summed E-state index contributed by atoms with van der Waals surface area (Å²) in [7, 11) is 3.22. The predicted molar refractivity (Wildman–Crippen MR) is 123 cm³/mol. The molecule has 1 N–H and O–H groups in total. The summed E-state index contributed by atoms with van der Waals surface area (Å²) < 4.78 is 12.1. The van der Waals surface area contributed by atoms with Crippen molar-refractivity contribution in [2.75, 3.05) is 14.2 Å². The first-order chi connectivity index (χ1) is 15.8. The molecule has 172 valence electrons. The number of nitrogens with one attached hydrogen (secondary N) is 1. The molecular formula is C25H28N4O4. The van der Waals surface area contributed by atoms with Gasteiger partial charge in [0.15, 0.2) is 0 Å². The molecule has 0 aliphatic carbocycles. The van der Waals surface area contributed by atoms with Gasteiger partial charge >= 0.3 is 0 Å². The van der Waals surface area contributed by atoms with E-state index in [0.717, 1.165) is 28.3 Å². The van der Waals surface area contributed by atoms with Gasteiger partial charge in [0.05, 0.1) is 26.5 Å². The summed E-state index contributed by atoms with van der Waals surface area (Å²) in [5, 5.41) is 7.44. The molecule has 1 aliphatic heterocycles. The lowest BCUT2D eigenvalue weighted by Crippen LogP contribution is -2.63. The fraction of sp³-hybridized carbons (Fsp3) is 0.320. The lowest BCUT2D eigenvalue weighted by molar-refractivity contribution is -0.133. The standard InChI is InChI=1S/C25H28N4O4/c1-17-13-22-23(30)28(15-19-7-11-21(33-4)12-8-19)25(2,16-29(22)27-17)24(31)26-14-18-5-9-20(32-3)10-6-18/h5-13H,14-16H2,1-4H3,(H,26,31)/t25-/m1/s1. The van der Waals surface area contributed by atoms with Crippen molar-refractivity contribution in [3.05, 3.63) is 77.1 Å². The molecule has 8 heteroatoms. The van der Waals surface area contributed by atoms with E-state index >= 15 is 0 Å². The van der Waals surface area contributed by atoms with Gasteiger partial charge in [0.1, 0.15) is 22.7 Å². The Labute approximate surface area is 193 Å². The van der Waals surface area contributed by atoms with Crippen molar-refractivity contribution in [2.45, 2.75) is 39.0 Å². The molecule has 1 atom stereocenters. The van der Waals surface area contributed by atoms with Crippen molar-refractivity contribution in [1.29, 1.82) is 0 Å². The molecule has 0 bridgehead atoms. The lowest BCUT2D eigenvalue weighted by Gasteiger charge is -2.43. The summed E-state index contributed by atoms with van der Waals surface area (Å²) in [6.45, 7) is 4.53. The lowest BCUT2D eigenvalue weighted by atomic mass is 9.94. The van der Waals surface area contributed by atoms with Gasteiger partial charge in [-0.1, -0.05) is 24.3 Å². The molecule has 0 radical (unpaired) electrons. The number of benzene rings is 2. The average molecular weight is 449 g/mol. The smallest absolute Gasteiger partial charge is 0.273 e. The van der Waals surface area contributed by atoms with E-state index in [9.17, 15) is 9.59 Å². The number of carbonyl (C=O) groups is 2. The Morgan fingerprint density at radius 1 is 1.03 bits per heavy atom. The summed E-state index contributed by atoms with van der Waals surface area (Å²) in [5.74, 6) is 1.03. The summed E-state index contributed by atoms with van der Waals surface area (Å²) in [6, 6.07) is 16.8. The van der Waals surface area contributed by atoms with Crippen LogP contribution in [0, 0.1) is 6.92 Å². The Kier molecular flexibility index (Phi) is 6.09. The third-order valence-electron chi connectivity index (χ3n) is 6.02. The number of rotatable bonds is 7. The van der Waals surface area contributed by atoms with Crippen molar-refractivity contribution in [3.8, 4) is 11.5 Å². The SMILES string of the molecule is COc1ccc(CNC(=O)[C@@]2(C)Cn3nc(C)cc3C(=O)N2Cc2ccc(OC)cc2)cc1. The van der Waals surface area contributed by atoms with Crippen molar-refractivity contribution in [2.24, 2.45) is 0 Å². The molecule has 1 aliphatic rings. The average Bonchev–Trinajstić information content (AvgIpc) is 3.20. The van der Waals surface area contributed by atoms with Crippen molar-refractivity contribution in [1.82, 2.24) is 20.0 Å². The van der Waals surface area contributed by atoms with E-state index < -0.39 is 5.54 Å². The van der Waals surface area contributed by atoms with E-state index in [2.05, 4.69) is 10.4 Å². The van der Waals surface area contributed by atoms with Crippen LogP contribution in [-0.2, 0) is 24.4 Å². The number of methoxy groups -OCH3 is 2. The Bertz CT molecular complexity index is 1150. The highest BCUT2D eigenvalue weighted by Gasteiger charge is 2.47. The van der Waals surface area contributed by atoms with Gasteiger partial charge in [0.25, 0.3) is 5.91 Å². The zero-order chi connectivity index (χ0) is 23.6. The van der Waals surface area contributed by atoms with E-state index in [0.29, 0.717) is 18.8 Å². The van der Waals surface area contributed by atoms with Gasteiger partial charge in [-0.2, -0.15) is 5.10 Å². The van der Waals surface area contributed by atoms with Gasteiger partial charge < -0.3 is 19.7 Å². The van der Waals surface area contributed by atoms with Crippen LogP contribution < -0.4 is 14.8 Å². The second-order valence-corrected chi connectivity index (χ2v) is 8.37. The van der Waals surface area contributed by atoms with E-state index in [-0.39, 0.29) is 18.4 Å². The first-order valence-corrected chi connectivity index (χ1v) is 10.7. The van der Waals surface area contributed by atoms with E-state index in [1.165, 1.54) is 0 Å². The molecule has 0 saturated carbocycles. The minimum Gasteiger partial charge on any atom is -0.497 e. The van der Waals surface area contributed by atoms with E-state index in [1.807, 2.05) is 55.5 Å². The number of ether oxygens (including phenoxy) is 2. The number of hydrogen-bond donors (Lipinski definition) is 1. The van der Waals surface area contributed by atoms with Crippen LogP contribution in [0.15, 0.2) is 54.6 Å². The molecule has 0 fully saturated rings. The van der Waals surface area contributed by atoms with Crippen LogP contribution >= 0.6 is 0 Å². The summed E-state index contributed by atoms with van der Waals surface area (Å²) in [6.07, 6.45) is 0. The van der Waals surface area contributed by atoms with Crippen LogP contribution in [0.4, 0.5) is 0 Å². The summed E-state index contributed by atoms with van der Waals surface area (Å²) in [4.78, 5) is 28.6. The molecular weight excluding hydrogens is 420 g/mol. The minimum atomic E-state index is -1.12. The highest BCUT2D eigenvalue weighted by Crippen LogP contribution is 2.30. The zero-order valence-corrected chi connectivity index (χ0v) is 19.3. The van der Waals surface area contributed by atoms with Gasteiger partial charge in [0.2, 0.25) is 5.91 Å². The number of aryl methyl sites for hydroxylation is 1. The monoisotopic (exact) mass is 448 g/mol. The number of fused-ring (bicyclic) bond motifs is 1. The largest absolute Gasteiger partial charge is 0.497 e. The summed E-state index contributed by atoms with van der Waals surface area (Å²) >= 11 is 0. The third kappa shape index (κ3) is 4.41. The molecule has 0 spiro atoms. The zero-order valence-electron chi connectivity index (χ0n) is 19.3. The van der Waals surface area contributed by atoms with Gasteiger partial charge in [-0.05, 0) is 55.3 Å². The minimum absolute atomic E-state index is 0.222. The van der Waals surface area contributed by atoms with Crippen LogP contribution in [0.1, 0.15) is 34.2 Å². The highest BCUT2D eigenvalue weighted by atomic mass is 16.5. The van der Waals surface area contributed by atoms with E-state index in [4.69, 9.17) is 9.47 Å². The first kappa shape index (κ1) is 22.4. The fourth-order valence-corrected chi connectivity index (χ4v) is 4.05. The van der Waals surface area contributed by atoms with Crippen LogP contribution in [0.25, 0.3) is 0 Å². The van der Waals surface area contributed by atoms with Gasteiger partial charge in [-0.25, -0.2) is 0 Å². The van der Waals surface area contributed by atoms with Crippen LogP contribution in [0.3, 0.4) is 0 Å². The number of hydrogen-bond acceptors (Lipinski definition) is 5. The Morgan fingerprint density at radius 3 is 2.18 bits per heavy atom. The molecule has 0 unspecified atom stereocenters. The molecule has 4 rings (SSSR count). The van der Waals surface area contributed by atoms with Crippen molar-refractivity contribution >= 4 is 11.8 Å². The van der Waals surface area contributed by atoms with E-state index in [1.54, 1.807) is 36.8 Å². The molecule has 3 aromatic rings.